The van der Waals surface area contributed by atoms with Gasteiger partial charge in [0, 0.05) is 6.07 Å². The van der Waals surface area contributed by atoms with Gasteiger partial charge >= 0.3 is 5.97 Å². The number of allylic oxidation sites excluding steroid dienone is 1. The maximum atomic E-state index is 11.8. The summed E-state index contributed by atoms with van der Waals surface area (Å²) >= 11 is 0. The van der Waals surface area contributed by atoms with E-state index in [0.717, 1.165) is 25.3 Å². The van der Waals surface area contributed by atoms with E-state index in [-0.39, 0.29) is 17.3 Å². The van der Waals surface area contributed by atoms with E-state index < -0.39 is 11.4 Å². The molecule has 0 unspecified atom stereocenters. The first-order valence-corrected chi connectivity index (χ1v) is 6.27. The predicted molar refractivity (Wildman–Crippen MR) is 71.7 cm³/mol. The lowest BCUT2D eigenvalue weighted by Crippen LogP contribution is -2.13. The van der Waals surface area contributed by atoms with Crippen LogP contribution in [0.3, 0.4) is 0 Å². The van der Waals surface area contributed by atoms with E-state index in [0.29, 0.717) is 6.61 Å². The molecule has 0 saturated carbocycles. The molecule has 0 fully saturated rings. The van der Waals surface area contributed by atoms with E-state index in [1.54, 1.807) is 13.0 Å². The zero-order valence-corrected chi connectivity index (χ0v) is 11.1. The highest BCUT2D eigenvalue weighted by Gasteiger charge is 2.15. The lowest BCUT2D eigenvalue weighted by molar-refractivity contribution is 0.0658. The minimum atomic E-state index is -1.28. The molecular weight excluding hydrogens is 248 g/mol. The normalized spacial score (nSPS) is 10.8. The van der Waals surface area contributed by atoms with Gasteiger partial charge in [0.25, 0.3) is 0 Å². The van der Waals surface area contributed by atoms with Gasteiger partial charge in [-0.25, -0.2) is 4.79 Å². The summed E-state index contributed by atoms with van der Waals surface area (Å²) < 4.78 is 10.5. The maximum absolute atomic E-state index is 11.8. The molecule has 0 aliphatic heterocycles. The van der Waals surface area contributed by atoms with Gasteiger partial charge in [-0.3, -0.25) is 4.79 Å². The molecular formula is C14H18O5. The first-order chi connectivity index (χ1) is 9.10. The molecule has 1 aromatic rings. The zero-order chi connectivity index (χ0) is 14.3. The first-order valence-electron chi connectivity index (χ1n) is 6.27. The highest BCUT2D eigenvalue weighted by molar-refractivity contribution is 5.84. The Hall–Kier alpha value is -2.04. The molecule has 0 aromatic carbocycles. The van der Waals surface area contributed by atoms with Crippen LogP contribution in [-0.2, 0) is 0 Å². The molecule has 0 bridgehead atoms. The van der Waals surface area contributed by atoms with E-state index in [2.05, 4.69) is 6.92 Å². The summed E-state index contributed by atoms with van der Waals surface area (Å²) in [6.45, 7) is 4.23. The standard InChI is InChI=1S/C14H18O5/c1-3-5-6-8-18-13-10(15)9-12(14(16)17)19-11(13)7-4-2/h4,7,9H,3,5-6,8H2,1-2H3,(H,16,17). The van der Waals surface area contributed by atoms with Crippen LogP contribution in [0.2, 0.25) is 0 Å². The van der Waals surface area contributed by atoms with Gasteiger partial charge in [0.15, 0.2) is 5.76 Å². The van der Waals surface area contributed by atoms with Gasteiger partial charge in [0.1, 0.15) is 0 Å². The van der Waals surface area contributed by atoms with Crippen molar-refractivity contribution in [3.8, 4) is 5.75 Å². The third kappa shape index (κ3) is 4.28. The van der Waals surface area contributed by atoms with Crippen LogP contribution < -0.4 is 10.2 Å². The van der Waals surface area contributed by atoms with Gasteiger partial charge in [-0.1, -0.05) is 25.8 Å². The fraction of sp³-hybridized carbons (Fsp3) is 0.429. The Morgan fingerprint density at radius 3 is 2.79 bits per heavy atom. The minimum Gasteiger partial charge on any atom is -0.486 e. The number of carboxylic acids is 1. The number of hydrogen-bond donors (Lipinski definition) is 1. The van der Waals surface area contributed by atoms with Crippen molar-refractivity contribution in [2.45, 2.75) is 33.1 Å². The highest BCUT2D eigenvalue weighted by Crippen LogP contribution is 2.18. The van der Waals surface area contributed by atoms with Gasteiger partial charge in [0.2, 0.25) is 16.9 Å². The van der Waals surface area contributed by atoms with Crippen LogP contribution in [0.25, 0.3) is 6.08 Å². The van der Waals surface area contributed by atoms with Gasteiger partial charge in [0.05, 0.1) is 6.61 Å². The minimum absolute atomic E-state index is 0.0687. The molecule has 1 aromatic heterocycles. The predicted octanol–water partition coefficient (Wildman–Crippen LogP) is 2.94. The quantitative estimate of drug-likeness (QED) is 0.768. The number of carbonyl (C=O) groups is 1. The van der Waals surface area contributed by atoms with Crippen molar-refractivity contribution in [2.24, 2.45) is 0 Å². The third-order valence-electron chi connectivity index (χ3n) is 2.45. The molecule has 0 saturated heterocycles. The smallest absolute Gasteiger partial charge is 0.371 e. The Bertz CT molecular complexity index is 513. The average molecular weight is 266 g/mol. The monoisotopic (exact) mass is 266 g/mol. The number of ether oxygens (including phenoxy) is 1. The molecule has 1 heterocycles. The molecule has 0 atom stereocenters. The van der Waals surface area contributed by atoms with Crippen molar-refractivity contribution >= 4 is 12.0 Å². The van der Waals surface area contributed by atoms with Crippen LogP contribution in [0.4, 0.5) is 0 Å². The lowest BCUT2D eigenvalue weighted by atomic mass is 10.2. The summed E-state index contributed by atoms with van der Waals surface area (Å²) in [6, 6.07) is 0.935. The Morgan fingerprint density at radius 2 is 2.21 bits per heavy atom. The van der Waals surface area contributed by atoms with Crippen molar-refractivity contribution < 1.29 is 19.1 Å². The second-order valence-electron chi connectivity index (χ2n) is 4.03. The third-order valence-corrected chi connectivity index (χ3v) is 2.45. The topological polar surface area (TPSA) is 76.7 Å². The van der Waals surface area contributed by atoms with Crippen LogP contribution in [0, 0.1) is 0 Å². The first kappa shape index (κ1) is 15.0. The lowest BCUT2D eigenvalue weighted by Gasteiger charge is -2.08. The second-order valence-corrected chi connectivity index (χ2v) is 4.03. The van der Waals surface area contributed by atoms with Crippen LogP contribution in [0.15, 0.2) is 21.4 Å². The molecule has 19 heavy (non-hydrogen) atoms. The molecule has 1 N–H and O–H groups in total. The molecule has 0 amide bonds. The van der Waals surface area contributed by atoms with E-state index >= 15 is 0 Å². The largest absolute Gasteiger partial charge is 0.486 e. The van der Waals surface area contributed by atoms with Gasteiger partial charge in [-0.05, 0) is 19.4 Å². The van der Waals surface area contributed by atoms with Crippen molar-refractivity contribution in [3.63, 3.8) is 0 Å². The van der Waals surface area contributed by atoms with Crippen LogP contribution in [0.5, 0.6) is 5.75 Å². The highest BCUT2D eigenvalue weighted by atomic mass is 16.5. The summed E-state index contributed by atoms with van der Waals surface area (Å²) in [5, 5.41) is 8.84. The summed E-state index contributed by atoms with van der Waals surface area (Å²) in [6.07, 6.45) is 6.08. The Morgan fingerprint density at radius 1 is 1.47 bits per heavy atom. The molecule has 1 rings (SSSR count). The van der Waals surface area contributed by atoms with Gasteiger partial charge in [-0.2, -0.15) is 0 Å². The molecule has 0 spiro atoms. The van der Waals surface area contributed by atoms with Crippen molar-refractivity contribution in [1.29, 1.82) is 0 Å². The molecule has 104 valence electrons. The number of rotatable bonds is 7. The van der Waals surface area contributed by atoms with Crippen molar-refractivity contribution in [3.05, 3.63) is 33.9 Å². The molecule has 5 heteroatoms. The summed E-state index contributed by atoms with van der Waals surface area (Å²) in [4.78, 5) is 22.6. The average Bonchev–Trinajstić information content (AvgIpc) is 2.36. The summed E-state index contributed by atoms with van der Waals surface area (Å²) in [5.41, 5.74) is -0.478. The fourth-order valence-electron chi connectivity index (χ4n) is 1.54. The van der Waals surface area contributed by atoms with Crippen LogP contribution in [-0.4, -0.2) is 17.7 Å². The number of unbranched alkanes of at least 4 members (excludes halogenated alkanes) is 2. The Balaban J connectivity index is 3.01. The van der Waals surface area contributed by atoms with E-state index in [1.165, 1.54) is 6.08 Å². The molecule has 0 radical (unpaired) electrons. The number of aromatic carboxylic acids is 1. The SMILES string of the molecule is CC=Cc1oc(C(=O)O)cc(=O)c1OCCCCC. The molecule has 5 nitrogen and oxygen atoms in total. The zero-order valence-electron chi connectivity index (χ0n) is 11.1. The van der Waals surface area contributed by atoms with E-state index in [4.69, 9.17) is 14.3 Å². The number of hydrogen-bond acceptors (Lipinski definition) is 4. The second kappa shape index (κ2) is 7.41. The van der Waals surface area contributed by atoms with Crippen molar-refractivity contribution in [2.75, 3.05) is 6.61 Å². The number of carboxylic acid groups (broad SMARTS) is 1. The maximum Gasteiger partial charge on any atom is 0.371 e. The van der Waals surface area contributed by atoms with Crippen LogP contribution in [0.1, 0.15) is 49.4 Å². The summed E-state index contributed by atoms with van der Waals surface area (Å²) in [7, 11) is 0. The Labute approximate surface area is 111 Å². The van der Waals surface area contributed by atoms with Crippen LogP contribution >= 0.6 is 0 Å². The fourth-order valence-corrected chi connectivity index (χ4v) is 1.54. The van der Waals surface area contributed by atoms with Gasteiger partial charge in [-0.15, -0.1) is 0 Å². The molecule has 0 aliphatic carbocycles. The molecule has 0 aliphatic rings. The Kier molecular flexibility index (Phi) is 5.85. The van der Waals surface area contributed by atoms with E-state index in [1.807, 2.05) is 0 Å². The summed E-state index contributed by atoms with van der Waals surface area (Å²) in [5.74, 6) is -1.46. The van der Waals surface area contributed by atoms with Gasteiger partial charge < -0.3 is 14.3 Å². The van der Waals surface area contributed by atoms with Crippen molar-refractivity contribution in [1.82, 2.24) is 0 Å². The van der Waals surface area contributed by atoms with E-state index in [9.17, 15) is 9.59 Å².